The molecule has 4 heteroatoms. The maximum atomic E-state index is 14.0. The van der Waals surface area contributed by atoms with E-state index in [0.717, 1.165) is 5.56 Å². The molecule has 0 amide bonds. The zero-order valence-corrected chi connectivity index (χ0v) is 11.6. The molecule has 3 rings (SSSR count). The average Bonchev–Trinajstić information content (AvgIpc) is 2.42. The van der Waals surface area contributed by atoms with Crippen molar-refractivity contribution in [2.24, 2.45) is 0 Å². The molecule has 0 aliphatic carbocycles. The molecule has 0 aromatic heterocycles. The van der Waals surface area contributed by atoms with Crippen molar-refractivity contribution in [2.75, 3.05) is 0 Å². The summed E-state index contributed by atoms with van der Waals surface area (Å²) in [5.74, 6) is -0.0712. The number of hydrogen-bond acceptors (Lipinski definition) is 2. The Kier molecular flexibility index (Phi) is 3.22. The summed E-state index contributed by atoms with van der Waals surface area (Å²) in [5.41, 5.74) is 1.87. The molecule has 2 aromatic rings. The minimum absolute atomic E-state index is 0.0354. The molecule has 0 bridgehead atoms. The molecule has 1 aliphatic heterocycles. The SMILES string of the molecule is Cc1ccc2c(c1)C(=O)CC(c1cccc(Cl)c1F)O2. The number of carbonyl (C=O) groups is 1. The summed E-state index contributed by atoms with van der Waals surface area (Å²) in [6, 6.07) is 10.1. The van der Waals surface area contributed by atoms with E-state index in [9.17, 15) is 9.18 Å². The predicted molar refractivity (Wildman–Crippen MR) is 74.9 cm³/mol. The maximum Gasteiger partial charge on any atom is 0.170 e. The number of Topliss-reactive ketones (excluding diaryl/α,β-unsaturated/α-hetero) is 1. The predicted octanol–water partition coefficient (Wildman–Crippen LogP) is 4.49. The van der Waals surface area contributed by atoms with Gasteiger partial charge in [-0.1, -0.05) is 35.4 Å². The molecule has 20 heavy (non-hydrogen) atoms. The lowest BCUT2D eigenvalue weighted by molar-refractivity contribution is 0.0845. The van der Waals surface area contributed by atoms with Crippen molar-refractivity contribution in [1.29, 1.82) is 0 Å². The monoisotopic (exact) mass is 290 g/mol. The second-order valence-electron chi connectivity index (χ2n) is 4.88. The zero-order chi connectivity index (χ0) is 14.3. The van der Waals surface area contributed by atoms with Gasteiger partial charge < -0.3 is 4.74 Å². The van der Waals surface area contributed by atoms with Gasteiger partial charge in [-0.15, -0.1) is 0 Å². The number of fused-ring (bicyclic) bond motifs is 1. The lowest BCUT2D eigenvalue weighted by atomic mass is 9.95. The van der Waals surface area contributed by atoms with E-state index in [-0.39, 0.29) is 17.2 Å². The first kappa shape index (κ1) is 13.1. The quantitative estimate of drug-likeness (QED) is 0.773. The second kappa shape index (κ2) is 4.91. The molecule has 0 saturated carbocycles. The highest BCUT2D eigenvalue weighted by atomic mass is 35.5. The van der Waals surface area contributed by atoms with E-state index in [1.807, 2.05) is 13.0 Å². The van der Waals surface area contributed by atoms with Crippen molar-refractivity contribution >= 4 is 17.4 Å². The van der Waals surface area contributed by atoms with E-state index in [0.29, 0.717) is 16.9 Å². The van der Waals surface area contributed by atoms with Crippen LogP contribution in [-0.2, 0) is 0 Å². The van der Waals surface area contributed by atoms with Crippen LogP contribution in [0.5, 0.6) is 5.75 Å². The Balaban J connectivity index is 2.01. The van der Waals surface area contributed by atoms with Crippen LogP contribution in [0.1, 0.15) is 34.0 Å². The maximum absolute atomic E-state index is 14.0. The third-order valence-corrected chi connectivity index (χ3v) is 3.70. The van der Waals surface area contributed by atoms with Crippen molar-refractivity contribution in [3.8, 4) is 5.75 Å². The van der Waals surface area contributed by atoms with E-state index >= 15 is 0 Å². The first-order chi connectivity index (χ1) is 9.56. The highest BCUT2D eigenvalue weighted by molar-refractivity contribution is 6.30. The summed E-state index contributed by atoms with van der Waals surface area (Å²) in [6.45, 7) is 1.91. The van der Waals surface area contributed by atoms with E-state index in [2.05, 4.69) is 0 Å². The van der Waals surface area contributed by atoms with Crippen molar-refractivity contribution < 1.29 is 13.9 Å². The molecule has 1 atom stereocenters. The summed E-state index contributed by atoms with van der Waals surface area (Å²) in [7, 11) is 0. The fraction of sp³-hybridized carbons (Fsp3) is 0.188. The molecule has 2 aromatic carbocycles. The zero-order valence-electron chi connectivity index (χ0n) is 10.8. The number of ketones is 1. The molecular weight excluding hydrogens is 279 g/mol. The minimum atomic E-state index is -0.628. The van der Waals surface area contributed by atoms with Gasteiger partial charge in [-0.2, -0.15) is 0 Å². The van der Waals surface area contributed by atoms with Crippen LogP contribution in [0, 0.1) is 12.7 Å². The number of aryl methyl sites for hydroxylation is 1. The molecule has 102 valence electrons. The fourth-order valence-corrected chi connectivity index (χ4v) is 2.56. The molecule has 0 radical (unpaired) electrons. The first-order valence-corrected chi connectivity index (χ1v) is 6.68. The van der Waals surface area contributed by atoms with E-state index in [1.165, 1.54) is 6.07 Å². The molecule has 0 saturated heterocycles. The van der Waals surface area contributed by atoms with E-state index < -0.39 is 11.9 Å². The number of carbonyl (C=O) groups excluding carboxylic acids is 1. The molecule has 0 fully saturated rings. The van der Waals surface area contributed by atoms with Gasteiger partial charge in [0.15, 0.2) is 5.78 Å². The van der Waals surface area contributed by atoms with Gasteiger partial charge in [0, 0.05) is 5.56 Å². The van der Waals surface area contributed by atoms with Gasteiger partial charge in [-0.25, -0.2) is 4.39 Å². The largest absolute Gasteiger partial charge is 0.484 e. The Morgan fingerprint density at radius 2 is 2.10 bits per heavy atom. The lowest BCUT2D eigenvalue weighted by Crippen LogP contribution is -2.21. The molecule has 1 unspecified atom stereocenters. The smallest absolute Gasteiger partial charge is 0.170 e. The van der Waals surface area contributed by atoms with E-state index in [4.69, 9.17) is 16.3 Å². The van der Waals surface area contributed by atoms with Crippen LogP contribution in [0.2, 0.25) is 5.02 Å². The molecule has 0 N–H and O–H groups in total. The third-order valence-electron chi connectivity index (χ3n) is 3.40. The van der Waals surface area contributed by atoms with Gasteiger partial charge in [-0.3, -0.25) is 4.79 Å². The van der Waals surface area contributed by atoms with Gasteiger partial charge >= 0.3 is 0 Å². The van der Waals surface area contributed by atoms with Crippen molar-refractivity contribution in [3.05, 3.63) is 63.9 Å². The second-order valence-corrected chi connectivity index (χ2v) is 5.28. The van der Waals surface area contributed by atoms with Crippen LogP contribution in [0.3, 0.4) is 0 Å². The summed E-state index contributed by atoms with van der Waals surface area (Å²) in [4.78, 5) is 12.2. The summed E-state index contributed by atoms with van der Waals surface area (Å²) in [6.07, 6.45) is -0.510. The third kappa shape index (κ3) is 2.18. The Morgan fingerprint density at radius 1 is 1.30 bits per heavy atom. The Bertz CT molecular complexity index is 697. The van der Waals surface area contributed by atoms with Gasteiger partial charge in [0.05, 0.1) is 17.0 Å². The van der Waals surface area contributed by atoms with Crippen LogP contribution >= 0.6 is 11.6 Å². The molecule has 0 spiro atoms. The van der Waals surface area contributed by atoms with Crippen LogP contribution in [0.4, 0.5) is 4.39 Å². The average molecular weight is 291 g/mol. The number of benzene rings is 2. The Labute approximate surface area is 121 Å². The van der Waals surface area contributed by atoms with Crippen LogP contribution < -0.4 is 4.74 Å². The van der Waals surface area contributed by atoms with Crippen LogP contribution in [0.25, 0.3) is 0 Å². The van der Waals surface area contributed by atoms with Gasteiger partial charge in [0.2, 0.25) is 0 Å². The molecule has 1 heterocycles. The minimum Gasteiger partial charge on any atom is -0.484 e. The summed E-state index contributed by atoms with van der Waals surface area (Å²) < 4.78 is 19.8. The van der Waals surface area contributed by atoms with E-state index in [1.54, 1.807) is 24.3 Å². The molecule has 2 nitrogen and oxygen atoms in total. The highest BCUT2D eigenvalue weighted by Gasteiger charge is 2.29. The number of ether oxygens (including phenoxy) is 1. The van der Waals surface area contributed by atoms with Gasteiger partial charge in [-0.05, 0) is 25.1 Å². The van der Waals surface area contributed by atoms with Crippen molar-refractivity contribution in [3.63, 3.8) is 0 Å². The van der Waals surface area contributed by atoms with Gasteiger partial charge in [0.1, 0.15) is 17.7 Å². The standard InChI is InChI=1S/C16H12ClFO2/c1-9-5-6-14-11(7-9)13(19)8-15(20-14)10-3-2-4-12(17)16(10)18/h2-7,15H,8H2,1H3. The normalized spacial score (nSPS) is 17.6. The Hall–Kier alpha value is -1.87. The van der Waals surface area contributed by atoms with Crippen LogP contribution in [0.15, 0.2) is 36.4 Å². The highest BCUT2D eigenvalue weighted by Crippen LogP contribution is 2.37. The molecule has 1 aliphatic rings. The summed E-state index contributed by atoms with van der Waals surface area (Å²) in [5, 5.41) is 0.0354. The van der Waals surface area contributed by atoms with Crippen molar-refractivity contribution in [2.45, 2.75) is 19.4 Å². The fourth-order valence-electron chi connectivity index (χ4n) is 2.38. The molecular formula is C16H12ClFO2. The number of halogens is 2. The number of hydrogen-bond donors (Lipinski definition) is 0. The number of rotatable bonds is 1. The van der Waals surface area contributed by atoms with Crippen LogP contribution in [-0.4, -0.2) is 5.78 Å². The lowest BCUT2D eigenvalue weighted by Gasteiger charge is -2.26. The Morgan fingerprint density at radius 3 is 2.90 bits per heavy atom. The topological polar surface area (TPSA) is 26.3 Å². The van der Waals surface area contributed by atoms with Gasteiger partial charge in [0.25, 0.3) is 0 Å². The van der Waals surface area contributed by atoms with Crippen molar-refractivity contribution in [1.82, 2.24) is 0 Å². The first-order valence-electron chi connectivity index (χ1n) is 6.30. The summed E-state index contributed by atoms with van der Waals surface area (Å²) >= 11 is 5.77.